The second-order valence-corrected chi connectivity index (χ2v) is 7.66. The second-order valence-electron chi connectivity index (χ2n) is 4.63. The van der Waals surface area contributed by atoms with E-state index in [4.69, 9.17) is 5.11 Å². The summed E-state index contributed by atoms with van der Waals surface area (Å²) >= 11 is -0.345. The van der Waals surface area contributed by atoms with Gasteiger partial charge >= 0.3 is 11.5 Å². The van der Waals surface area contributed by atoms with E-state index in [1.54, 1.807) is 0 Å². The van der Waals surface area contributed by atoms with Crippen LogP contribution in [0, 0.1) is 0 Å². The molecule has 2 rings (SSSR count). The molecule has 5 nitrogen and oxygen atoms in total. The van der Waals surface area contributed by atoms with E-state index >= 15 is 0 Å². The van der Waals surface area contributed by atoms with Crippen LogP contribution in [0.4, 0.5) is 13.2 Å². The van der Waals surface area contributed by atoms with Crippen molar-refractivity contribution in [3.05, 3.63) is 24.3 Å². The summed E-state index contributed by atoms with van der Waals surface area (Å²) in [5.74, 6) is -1.23. The molecule has 0 bridgehead atoms. The third-order valence-corrected chi connectivity index (χ3v) is 5.81. The number of benzene rings is 1. The van der Waals surface area contributed by atoms with Crippen molar-refractivity contribution in [2.24, 2.45) is 0 Å². The van der Waals surface area contributed by atoms with Gasteiger partial charge in [0.25, 0.3) is 0 Å². The van der Waals surface area contributed by atoms with Gasteiger partial charge in [-0.1, -0.05) is 0 Å². The maximum atomic E-state index is 12.4. The van der Waals surface area contributed by atoms with Crippen LogP contribution in [-0.2, 0) is 14.8 Å². The zero-order chi connectivity index (χ0) is 16.5. The monoisotopic (exact) mass is 355 g/mol. The molecule has 0 aliphatic carbocycles. The molecule has 0 radical (unpaired) electrons. The number of hydrogen-bond donors (Lipinski definition) is 1. The first-order valence-electron chi connectivity index (χ1n) is 6.22. The van der Waals surface area contributed by atoms with E-state index in [-0.39, 0.29) is 34.5 Å². The van der Waals surface area contributed by atoms with Crippen molar-refractivity contribution >= 4 is 27.8 Å². The van der Waals surface area contributed by atoms with Crippen LogP contribution in [-0.4, -0.2) is 41.9 Å². The van der Waals surface area contributed by atoms with Gasteiger partial charge in [0, 0.05) is 11.4 Å². The van der Waals surface area contributed by atoms with Gasteiger partial charge in [0.2, 0.25) is 10.0 Å². The highest BCUT2D eigenvalue weighted by Gasteiger charge is 2.39. The van der Waals surface area contributed by atoms with Gasteiger partial charge in [-0.3, -0.25) is 4.79 Å². The van der Waals surface area contributed by atoms with Gasteiger partial charge < -0.3 is 5.11 Å². The number of alkyl halides is 3. The maximum Gasteiger partial charge on any atom is 0.446 e. The van der Waals surface area contributed by atoms with Crippen LogP contribution in [0.15, 0.2) is 34.1 Å². The molecule has 1 unspecified atom stereocenters. The summed E-state index contributed by atoms with van der Waals surface area (Å²) in [6.07, 6.45) is 0.648. The first kappa shape index (κ1) is 17.1. The van der Waals surface area contributed by atoms with Crippen molar-refractivity contribution in [1.29, 1.82) is 0 Å². The van der Waals surface area contributed by atoms with Crippen molar-refractivity contribution < 1.29 is 31.5 Å². The summed E-state index contributed by atoms with van der Waals surface area (Å²) in [4.78, 5) is 10.7. The molecule has 122 valence electrons. The molecular weight excluding hydrogens is 343 g/mol. The van der Waals surface area contributed by atoms with E-state index in [0.717, 1.165) is 28.6 Å². The van der Waals surface area contributed by atoms with E-state index < -0.39 is 27.5 Å². The Kier molecular flexibility index (Phi) is 4.73. The molecular formula is C12H12F3NO4S2. The quantitative estimate of drug-likeness (QED) is 0.840. The summed E-state index contributed by atoms with van der Waals surface area (Å²) in [5, 5.41) is 9.03. The highest BCUT2D eigenvalue weighted by molar-refractivity contribution is 8.00. The number of sulfonamides is 1. The van der Waals surface area contributed by atoms with Crippen LogP contribution in [0.1, 0.15) is 12.8 Å². The summed E-state index contributed by atoms with van der Waals surface area (Å²) in [6.45, 7) is 0.0817. The second kappa shape index (κ2) is 6.09. The fraction of sp³-hybridized carbons (Fsp3) is 0.417. The molecule has 10 heteroatoms. The molecule has 1 N–H and O–H groups in total. The third kappa shape index (κ3) is 3.73. The van der Waals surface area contributed by atoms with Gasteiger partial charge in [0.1, 0.15) is 6.04 Å². The predicted molar refractivity (Wildman–Crippen MR) is 72.9 cm³/mol. The van der Waals surface area contributed by atoms with Crippen molar-refractivity contribution in [2.45, 2.75) is 34.2 Å². The molecule has 1 atom stereocenters. The molecule has 1 aliphatic heterocycles. The first-order valence-corrected chi connectivity index (χ1v) is 8.47. The molecule has 0 spiro atoms. The van der Waals surface area contributed by atoms with Crippen molar-refractivity contribution in [3.63, 3.8) is 0 Å². The molecule has 0 saturated carbocycles. The number of halogens is 3. The highest BCUT2D eigenvalue weighted by atomic mass is 32.2. The molecule has 0 amide bonds. The number of carboxylic acids is 1. The zero-order valence-electron chi connectivity index (χ0n) is 11.1. The van der Waals surface area contributed by atoms with E-state index in [1.165, 1.54) is 0 Å². The number of carbonyl (C=O) groups is 1. The first-order chi connectivity index (χ1) is 10.1. The number of hydrogen-bond acceptors (Lipinski definition) is 4. The minimum atomic E-state index is -4.45. The molecule has 1 heterocycles. The Morgan fingerprint density at radius 3 is 2.36 bits per heavy atom. The Labute approximate surface area is 129 Å². The van der Waals surface area contributed by atoms with Crippen molar-refractivity contribution in [2.75, 3.05) is 6.54 Å². The van der Waals surface area contributed by atoms with Crippen LogP contribution in [0.2, 0.25) is 0 Å². The Morgan fingerprint density at radius 1 is 1.27 bits per heavy atom. The van der Waals surface area contributed by atoms with Gasteiger partial charge in [-0.15, -0.1) is 0 Å². The summed E-state index contributed by atoms with van der Waals surface area (Å²) in [7, 11) is -4.03. The Morgan fingerprint density at radius 2 is 1.86 bits per heavy atom. The largest absolute Gasteiger partial charge is 0.480 e. The van der Waals surface area contributed by atoms with Crippen LogP contribution in [0.5, 0.6) is 0 Å². The van der Waals surface area contributed by atoms with Crippen LogP contribution < -0.4 is 0 Å². The van der Waals surface area contributed by atoms with Gasteiger partial charge in [0.15, 0.2) is 0 Å². The number of rotatable bonds is 4. The average Bonchev–Trinajstić information content (AvgIpc) is 2.87. The molecule has 1 saturated heterocycles. The van der Waals surface area contributed by atoms with Crippen LogP contribution >= 0.6 is 11.8 Å². The SMILES string of the molecule is O=C(O)C1CCCN1S(=O)(=O)c1ccc(SC(F)(F)F)cc1. The highest BCUT2D eigenvalue weighted by Crippen LogP contribution is 2.37. The Hall–Kier alpha value is -1.26. The lowest BCUT2D eigenvalue weighted by Gasteiger charge is -2.21. The molecule has 1 aromatic carbocycles. The van der Waals surface area contributed by atoms with Crippen molar-refractivity contribution in [1.82, 2.24) is 4.31 Å². The average molecular weight is 355 g/mol. The molecule has 0 aromatic heterocycles. The van der Waals surface area contributed by atoms with Gasteiger partial charge in [0.05, 0.1) is 4.90 Å². The molecule has 1 aliphatic rings. The summed E-state index contributed by atoms with van der Waals surface area (Å²) in [5.41, 5.74) is -4.45. The summed E-state index contributed by atoms with van der Waals surface area (Å²) < 4.78 is 62.3. The molecule has 1 aromatic rings. The third-order valence-electron chi connectivity index (χ3n) is 3.15. The lowest BCUT2D eigenvalue weighted by molar-refractivity contribution is -0.140. The minimum absolute atomic E-state index is 0.0817. The zero-order valence-corrected chi connectivity index (χ0v) is 12.7. The summed E-state index contributed by atoms with van der Waals surface area (Å²) in [6, 6.07) is 3.09. The van der Waals surface area contributed by atoms with E-state index in [1.807, 2.05) is 0 Å². The Bertz CT molecular complexity index is 658. The van der Waals surface area contributed by atoms with Gasteiger partial charge in [-0.25, -0.2) is 8.42 Å². The predicted octanol–water partition coefficient (Wildman–Crippen LogP) is 2.54. The van der Waals surface area contributed by atoms with Crippen LogP contribution in [0.25, 0.3) is 0 Å². The lowest BCUT2D eigenvalue weighted by atomic mass is 10.2. The van der Waals surface area contributed by atoms with Crippen LogP contribution in [0.3, 0.4) is 0 Å². The fourth-order valence-electron chi connectivity index (χ4n) is 2.22. The van der Waals surface area contributed by atoms with E-state index in [9.17, 15) is 26.4 Å². The number of nitrogens with zero attached hydrogens (tertiary/aromatic N) is 1. The normalized spacial score (nSPS) is 20.2. The van der Waals surface area contributed by atoms with Gasteiger partial charge in [-0.05, 0) is 48.9 Å². The number of carboxylic acid groups (broad SMARTS) is 1. The molecule has 1 fully saturated rings. The maximum absolute atomic E-state index is 12.4. The lowest BCUT2D eigenvalue weighted by Crippen LogP contribution is -2.40. The molecule has 22 heavy (non-hydrogen) atoms. The number of thioether (sulfide) groups is 1. The number of aliphatic carboxylic acids is 1. The Balaban J connectivity index is 2.25. The van der Waals surface area contributed by atoms with Crippen molar-refractivity contribution in [3.8, 4) is 0 Å². The van der Waals surface area contributed by atoms with E-state index in [2.05, 4.69) is 0 Å². The topological polar surface area (TPSA) is 74.7 Å². The van der Waals surface area contributed by atoms with Gasteiger partial charge in [-0.2, -0.15) is 17.5 Å². The standard InChI is InChI=1S/C12H12F3NO4S2/c13-12(14,15)21-8-3-5-9(6-4-8)22(19,20)16-7-1-2-10(16)11(17)18/h3-6,10H,1-2,7H2,(H,17,18). The fourth-order valence-corrected chi connectivity index (χ4v) is 4.41. The van der Waals surface area contributed by atoms with E-state index in [0.29, 0.717) is 6.42 Å². The minimum Gasteiger partial charge on any atom is -0.480 e. The smallest absolute Gasteiger partial charge is 0.446 e.